The SMILES string of the molecule is CC1CC1CN(C)c1c(Cl)cc(N)cc1C(=O)O. The molecule has 18 heavy (non-hydrogen) atoms. The maximum Gasteiger partial charge on any atom is 0.337 e. The number of nitrogens with two attached hydrogens (primary N) is 1. The summed E-state index contributed by atoms with van der Waals surface area (Å²) < 4.78 is 0. The zero-order chi connectivity index (χ0) is 13.4. The third kappa shape index (κ3) is 2.53. The first-order valence-corrected chi connectivity index (χ1v) is 6.31. The van der Waals surface area contributed by atoms with Gasteiger partial charge in [-0.15, -0.1) is 0 Å². The van der Waals surface area contributed by atoms with Gasteiger partial charge in [-0.3, -0.25) is 0 Å². The lowest BCUT2D eigenvalue weighted by atomic mass is 10.1. The van der Waals surface area contributed by atoms with Gasteiger partial charge in [0.25, 0.3) is 0 Å². The van der Waals surface area contributed by atoms with Gasteiger partial charge in [0.05, 0.1) is 16.3 Å². The van der Waals surface area contributed by atoms with Crippen LogP contribution in [-0.4, -0.2) is 24.7 Å². The Labute approximate surface area is 111 Å². The number of halogens is 1. The highest BCUT2D eigenvalue weighted by molar-refractivity contribution is 6.34. The molecular weight excluding hydrogens is 252 g/mol. The van der Waals surface area contributed by atoms with E-state index in [2.05, 4.69) is 6.92 Å². The van der Waals surface area contributed by atoms with Crippen LogP contribution in [0.2, 0.25) is 5.02 Å². The zero-order valence-corrected chi connectivity index (χ0v) is 11.2. The Morgan fingerprint density at radius 3 is 2.72 bits per heavy atom. The summed E-state index contributed by atoms with van der Waals surface area (Å²) >= 11 is 6.13. The van der Waals surface area contributed by atoms with Crippen molar-refractivity contribution in [3.05, 3.63) is 22.7 Å². The summed E-state index contributed by atoms with van der Waals surface area (Å²) in [6, 6.07) is 3.05. The molecule has 98 valence electrons. The smallest absolute Gasteiger partial charge is 0.337 e. The molecule has 2 atom stereocenters. The van der Waals surface area contributed by atoms with Crippen LogP contribution in [0.15, 0.2) is 12.1 Å². The minimum absolute atomic E-state index is 0.163. The number of carbonyl (C=O) groups is 1. The quantitative estimate of drug-likeness (QED) is 0.824. The molecule has 0 aliphatic heterocycles. The minimum Gasteiger partial charge on any atom is -0.478 e. The molecule has 2 rings (SSSR count). The molecule has 0 amide bonds. The first kappa shape index (κ1) is 13.0. The van der Waals surface area contributed by atoms with Gasteiger partial charge in [0, 0.05) is 19.3 Å². The van der Waals surface area contributed by atoms with Crippen molar-refractivity contribution in [2.24, 2.45) is 11.8 Å². The van der Waals surface area contributed by atoms with Gasteiger partial charge in [0.1, 0.15) is 0 Å². The number of nitrogens with zero attached hydrogens (tertiary/aromatic N) is 1. The number of carboxylic acid groups (broad SMARTS) is 1. The van der Waals surface area contributed by atoms with Gasteiger partial charge < -0.3 is 15.7 Å². The molecule has 4 nitrogen and oxygen atoms in total. The van der Waals surface area contributed by atoms with Crippen molar-refractivity contribution in [1.29, 1.82) is 0 Å². The molecule has 1 aromatic carbocycles. The third-order valence-electron chi connectivity index (χ3n) is 3.48. The molecule has 0 aromatic heterocycles. The maximum atomic E-state index is 11.3. The summed E-state index contributed by atoms with van der Waals surface area (Å²) in [4.78, 5) is 13.2. The number of nitrogen functional groups attached to an aromatic ring is 1. The lowest BCUT2D eigenvalue weighted by Crippen LogP contribution is -2.23. The summed E-state index contributed by atoms with van der Waals surface area (Å²) in [6.45, 7) is 3.02. The highest BCUT2D eigenvalue weighted by Crippen LogP contribution is 2.40. The number of hydrogen-bond donors (Lipinski definition) is 2. The zero-order valence-electron chi connectivity index (χ0n) is 10.5. The van der Waals surface area contributed by atoms with E-state index in [-0.39, 0.29) is 5.56 Å². The van der Waals surface area contributed by atoms with E-state index >= 15 is 0 Å². The van der Waals surface area contributed by atoms with Crippen LogP contribution in [0.3, 0.4) is 0 Å². The number of hydrogen-bond acceptors (Lipinski definition) is 3. The van der Waals surface area contributed by atoms with Crippen molar-refractivity contribution >= 4 is 28.9 Å². The van der Waals surface area contributed by atoms with Crippen molar-refractivity contribution in [1.82, 2.24) is 0 Å². The van der Waals surface area contributed by atoms with E-state index in [0.29, 0.717) is 28.2 Å². The van der Waals surface area contributed by atoms with Crippen LogP contribution >= 0.6 is 11.6 Å². The molecule has 1 aliphatic carbocycles. The Morgan fingerprint density at radius 1 is 1.61 bits per heavy atom. The Kier molecular flexibility index (Phi) is 3.39. The van der Waals surface area contributed by atoms with E-state index in [1.54, 1.807) is 6.07 Å². The first-order chi connectivity index (χ1) is 8.40. The number of carboxylic acids is 1. The summed E-state index contributed by atoms with van der Waals surface area (Å²) in [5.41, 5.74) is 6.72. The molecule has 5 heteroatoms. The number of anilines is 2. The maximum absolute atomic E-state index is 11.3. The van der Waals surface area contributed by atoms with Gasteiger partial charge in [-0.25, -0.2) is 4.79 Å². The summed E-state index contributed by atoms with van der Waals surface area (Å²) in [5, 5.41) is 9.62. The predicted octanol–water partition coefficient (Wildman–Crippen LogP) is 2.71. The molecule has 0 saturated heterocycles. The van der Waals surface area contributed by atoms with Gasteiger partial charge in [0.15, 0.2) is 0 Å². The van der Waals surface area contributed by atoms with Crippen LogP contribution < -0.4 is 10.6 Å². The molecule has 1 fully saturated rings. The minimum atomic E-state index is -1.00. The van der Waals surface area contributed by atoms with Crippen LogP contribution in [0.25, 0.3) is 0 Å². The Bertz CT molecular complexity index is 490. The fraction of sp³-hybridized carbons (Fsp3) is 0.462. The second-order valence-electron chi connectivity index (χ2n) is 5.06. The van der Waals surface area contributed by atoms with E-state index in [1.807, 2.05) is 11.9 Å². The Hall–Kier alpha value is -1.42. The van der Waals surface area contributed by atoms with Crippen molar-refractivity contribution in [3.63, 3.8) is 0 Å². The molecule has 1 saturated carbocycles. The lowest BCUT2D eigenvalue weighted by Gasteiger charge is -2.23. The number of aromatic carboxylic acids is 1. The van der Waals surface area contributed by atoms with Gasteiger partial charge in [0.2, 0.25) is 0 Å². The molecule has 0 bridgehead atoms. The molecule has 3 N–H and O–H groups in total. The summed E-state index contributed by atoms with van der Waals surface area (Å²) in [7, 11) is 1.87. The molecule has 0 spiro atoms. The van der Waals surface area contributed by atoms with Crippen LogP contribution in [0.4, 0.5) is 11.4 Å². The molecule has 0 radical (unpaired) electrons. The fourth-order valence-corrected chi connectivity index (χ4v) is 2.64. The van der Waals surface area contributed by atoms with Gasteiger partial charge in [-0.2, -0.15) is 0 Å². The van der Waals surface area contributed by atoms with Crippen molar-refractivity contribution in [2.45, 2.75) is 13.3 Å². The fourth-order valence-electron chi connectivity index (χ4n) is 2.27. The molecule has 1 aliphatic rings. The molecule has 1 aromatic rings. The molecule has 2 unspecified atom stereocenters. The van der Waals surface area contributed by atoms with Crippen molar-refractivity contribution in [3.8, 4) is 0 Å². The van der Waals surface area contributed by atoms with Crippen LogP contribution in [0.5, 0.6) is 0 Å². The summed E-state index contributed by atoms with van der Waals surface area (Å²) in [5.74, 6) is 0.341. The average molecular weight is 269 g/mol. The topological polar surface area (TPSA) is 66.6 Å². The largest absolute Gasteiger partial charge is 0.478 e. The molecular formula is C13H17ClN2O2. The van der Waals surface area contributed by atoms with Crippen molar-refractivity contribution < 1.29 is 9.90 Å². The second kappa shape index (κ2) is 4.69. The van der Waals surface area contributed by atoms with Gasteiger partial charge >= 0.3 is 5.97 Å². The van der Waals surface area contributed by atoms with Crippen molar-refractivity contribution in [2.75, 3.05) is 24.2 Å². The first-order valence-electron chi connectivity index (χ1n) is 5.93. The van der Waals surface area contributed by atoms with E-state index in [4.69, 9.17) is 17.3 Å². The third-order valence-corrected chi connectivity index (χ3v) is 3.77. The standard InChI is InChI=1S/C13H17ClN2O2/c1-7-3-8(7)6-16(2)12-10(13(17)18)4-9(15)5-11(12)14/h4-5,7-8H,3,6,15H2,1-2H3,(H,17,18). The Morgan fingerprint density at radius 2 is 2.22 bits per heavy atom. The Balaban J connectivity index is 2.32. The summed E-state index contributed by atoms with van der Waals surface area (Å²) in [6.07, 6.45) is 1.19. The van der Waals surface area contributed by atoms with Crippen LogP contribution in [0.1, 0.15) is 23.7 Å². The normalized spacial score (nSPS) is 21.7. The van der Waals surface area contributed by atoms with Gasteiger partial charge in [-0.1, -0.05) is 18.5 Å². The number of rotatable bonds is 4. The van der Waals surface area contributed by atoms with E-state index in [9.17, 15) is 9.90 Å². The van der Waals surface area contributed by atoms with Gasteiger partial charge in [-0.05, 0) is 30.4 Å². The highest BCUT2D eigenvalue weighted by Gasteiger charge is 2.34. The van der Waals surface area contributed by atoms with Crippen LogP contribution in [0, 0.1) is 11.8 Å². The molecule has 0 heterocycles. The second-order valence-corrected chi connectivity index (χ2v) is 5.46. The lowest BCUT2D eigenvalue weighted by molar-refractivity contribution is 0.0697. The number of benzene rings is 1. The highest BCUT2D eigenvalue weighted by atomic mass is 35.5. The van der Waals surface area contributed by atoms with E-state index in [0.717, 1.165) is 6.54 Å². The average Bonchev–Trinajstić information content (AvgIpc) is 2.92. The van der Waals surface area contributed by atoms with E-state index < -0.39 is 5.97 Å². The van der Waals surface area contributed by atoms with E-state index in [1.165, 1.54) is 12.5 Å². The predicted molar refractivity (Wildman–Crippen MR) is 73.4 cm³/mol. The van der Waals surface area contributed by atoms with Crippen LogP contribution in [-0.2, 0) is 0 Å². The monoisotopic (exact) mass is 268 g/mol.